The fraction of sp³-hybridized carbons (Fsp3) is 0.316. The maximum Gasteiger partial charge on any atom is 0.224 e. The van der Waals surface area contributed by atoms with Gasteiger partial charge in [-0.3, -0.25) is 4.79 Å². The Balaban J connectivity index is 1.61. The topological polar surface area (TPSA) is 67.8 Å². The van der Waals surface area contributed by atoms with Crippen LogP contribution in [0.2, 0.25) is 0 Å². The van der Waals surface area contributed by atoms with E-state index < -0.39 is 0 Å². The van der Waals surface area contributed by atoms with E-state index in [4.69, 9.17) is 9.47 Å². The molecule has 0 unspecified atom stereocenters. The van der Waals surface area contributed by atoms with Crippen molar-refractivity contribution in [2.45, 2.75) is 18.9 Å². The second-order valence-corrected chi connectivity index (χ2v) is 5.91. The molecule has 1 aliphatic carbocycles. The standard InChI is InChI=1S/C19H21NO4/c1-23-17-8-4-6-13(18(17)24-2)11-20-19(22)16-10-15(16)12-5-3-7-14(21)9-12/h3-9,15-16,21H,10-11H2,1-2H3,(H,20,22)/t15-,16+/m1/s1. The van der Waals surface area contributed by atoms with E-state index in [0.29, 0.717) is 18.0 Å². The zero-order valence-corrected chi connectivity index (χ0v) is 13.8. The molecule has 0 radical (unpaired) electrons. The number of carbonyl (C=O) groups is 1. The van der Waals surface area contributed by atoms with E-state index in [-0.39, 0.29) is 23.5 Å². The van der Waals surface area contributed by atoms with Crippen molar-refractivity contribution in [3.63, 3.8) is 0 Å². The highest BCUT2D eigenvalue weighted by atomic mass is 16.5. The predicted octanol–water partition coefficient (Wildman–Crippen LogP) is 2.83. The number of aromatic hydroxyl groups is 1. The summed E-state index contributed by atoms with van der Waals surface area (Å²) in [7, 11) is 3.17. The first kappa shape index (κ1) is 16.2. The summed E-state index contributed by atoms with van der Waals surface area (Å²) in [6.45, 7) is 0.391. The van der Waals surface area contributed by atoms with Crippen molar-refractivity contribution in [1.29, 1.82) is 0 Å². The van der Waals surface area contributed by atoms with Gasteiger partial charge < -0.3 is 19.9 Å². The van der Waals surface area contributed by atoms with Crippen molar-refractivity contribution in [1.82, 2.24) is 5.32 Å². The second kappa shape index (κ2) is 6.83. The number of methoxy groups -OCH3 is 2. The van der Waals surface area contributed by atoms with Crippen LogP contribution in [0.5, 0.6) is 17.2 Å². The van der Waals surface area contributed by atoms with Gasteiger partial charge in [-0.15, -0.1) is 0 Å². The molecule has 5 heteroatoms. The predicted molar refractivity (Wildman–Crippen MR) is 90.3 cm³/mol. The van der Waals surface area contributed by atoms with Crippen LogP contribution in [-0.2, 0) is 11.3 Å². The van der Waals surface area contributed by atoms with Crippen molar-refractivity contribution < 1.29 is 19.4 Å². The highest BCUT2D eigenvalue weighted by molar-refractivity contribution is 5.83. The lowest BCUT2D eigenvalue weighted by atomic mass is 10.1. The van der Waals surface area contributed by atoms with Gasteiger partial charge in [-0.25, -0.2) is 0 Å². The van der Waals surface area contributed by atoms with Crippen LogP contribution in [0.3, 0.4) is 0 Å². The van der Waals surface area contributed by atoms with Crippen LogP contribution in [-0.4, -0.2) is 25.2 Å². The number of hydrogen-bond acceptors (Lipinski definition) is 4. The zero-order chi connectivity index (χ0) is 17.1. The average molecular weight is 327 g/mol. The molecule has 0 bridgehead atoms. The highest BCUT2D eigenvalue weighted by Crippen LogP contribution is 2.48. The molecule has 1 aliphatic rings. The van der Waals surface area contributed by atoms with Gasteiger partial charge in [-0.1, -0.05) is 24.3 Å². The summed E-state index contributed by atoms with van der Waals surface area (Å²) in [5.74, 6) is 1.69. The van der Waals surface area contributed by atoms with Crippen molar-refractivity contribution in [3.05, 3.63) is 53.6 Å². The normalized spacial score (nSPS) is 18.8. The smallest absolute Gasteiger partial charge is 0.224 e. The third-order valence-electron chi connectivity index (χ3n) is 4.36. The minimum atomic E-state index is -0.0385. The largest absolute Gasteiger partial charge is 0.508 e. The van der Waals surface area contributed by atoms with Crippen molar-refractivity contribution in [3.8, 4) is 17.2 Å². The maximum absolute atomic E-state index is 12.4. The fourth-order valence-corrected chi connectivity index (χ4v) is 3.01. The van der Waals surface area contributed by atoms with E-state index >= 15 is 0 Å². The first-order valence-electron chi connectivity index (χ1n) is 7.90. The van der Waals surface area contributed by atoms with Crippen LogP contribution >= 0.6 is 0 Å². The molecule has 0 heterocycles. The molecule has 0 saturated heterocycles. The van der Waals surface area contributed by atoms with E-state index in [9.17, 15) is 9.90 Å². The summed E-state index contributed by atoms with van der Waals surface area (Å²) in [5.41, 5.74) is 1.88. The number of hydrogen-bond donors (Lipinski definition) is 2. The molecule has 1 fully saturated rings. The third-order valence-corrected chi connectivity index (χ3v) is 4.36. The van der Waals surface area contributed by atoms with E-state index in [1.165, 1.54) is 0 Å². The maximum atomic E-state index is 12.4. The summed E-state index contributed by atoms with van der Waals surface area (Å²) in [5, 5.41) is 12.5. The molecular formula is C19H21NO4. The number of phenolic OH excluding ortho intramolecular Hbond substituents is 1. The number of nitrogens with one attached hydrogen (secondary N) is 1. The molecule has 126 valence electrons. The van der Waals surface area contributed by atoms with Gasteiger partial charge in [0.1, 0.15) is 5.75 Å². The quantitative estimate of drug-likeness (QED) is 0.856. The monoisotopic (exact) mass is 327 g/mol. The summed E-state index contributed by atoms with van der Waals surface area (Å²) in [6.07, 6.45) is 0.810. The molecule has 2 atom stereocenters. The lowest BCUT2D eigenvalue weighted by Crippen LogP contribution is -2.25. The lowest BCUT2D eigenvalue weighted by Gasteiger charge is -2.13. The minimum absolute atomic E-state index is 0.0215. The second-order valence-electron chi connectivity index (χ2n) is 5.91. The van der Waals surface area contributed by atoms with Crippen molar-refractivity contribution in [2.75, 3.05) is 14.2 Å². The van der Waals surface area contributed by atoms with E-state index in [2.05, 4.69) is 5.32 Å². The van der Waals surface area contributed by atoms with Crippen molar-refractivity contribution >= 4 is 5.91 Å². The average Bonchev–Trinajstić information content (AvgIpc) is 3.40. The molecule has 0 aliphatic heterocycles. The molecule has 1 saturated carbocycles. The van der Waals surface area contributed by atoms with Gasteiger partial charge in [0.05, 0.1) is 14.2 Å². The molecule has 0 aromatic heterocycles. The molecular weight excluding hydrogens is 306 g/mol. The molecule has 2 aromatic rings. The summed E-state index contributed by atoms with van der Waals surface area (Å²) < 4.78 is 10.6. The highest BCUT2D eigenvalue weighted by Gasteiger charge is 2.43. The molecule has 3 rings (SSSR count). The molecule has 1 amide bonds. The lowest BCUT2D eigenvalue weighted by molar-refractivity contribution is -0.122. The Kier molecular flexibility index (Phi) is 4.60. The van der Waals surface area contributed by atoms with Gasteiger partial charge in [0.25, 0.3) is 0 Å². The Bertz CT molecular complexity index is 744. The van der Waals surface area contributed by atoms with Crippen LogP contribution < -0.4 is 14.8 Å². The minimum Gasteiger partial charge on any atom is -0.508 e. The van der Waals surface area contributed by atoms with Crippen molar-refractivity contribution in [2.24, 2.45) is 5.92 Å². The van der Waals surface area contributed by atoms with Gasteiger partial charge in [-0.05, 0) is 36.1 Å². The Morgan fingerprint density at radius 1 is 1.21 bits per heavy atom. The van der Waals surface area contributed by atoms with Crippen LogP contribution in [0.1, 0.15) is 23.5 Å². The number of para-hydroxylation sites is 1. The summed E-state index contributed by atoms with van der Waals surface area (Å²) in [4.78, 5) is 12.4. The number of benzene rings is 2. The molecule has 2 N–H and O–H groups in total. The SMILES string of the molecule is COc1cccc(CNC(=O)[C@H]2C[C@@H]2c2cccc(O)c2)c1OC. The van der Waals surface area contributed by atoms with E-state index in [1.54, 1.807) is 32.4 Å². The van der Waals surface area contributed by atoms with Gasteiger partial charge in [-0.2, -0.15) is 0 Å². The van der Waals surface area contributed by atoms with Crippen LogP contribution in [0.15, 0.2) is 42.5 Å². The number of ether oxygens (including phenoxy) is 2. The number of amides is 1. The summed E-state index contributed by atoms with van der Waals surface area (Å²) in [6, 6.07) is 12.7. The third kappa shape index (κ3) is 3.30. The van der Waals surface area contributed by atoms with Gasteiger partial charge in [0.15, 0.2) is 11.5 Å². The van der Waals surface area contributed by atoms with E-state index in [0.717, 1.165) is 17.5 Å². The van der Waals surface area contributed by atoms with Crippen LogP contribution in [0, 0.1) is 5.92 Å². The first-order chi connectivity index (χ1) is 11.6. The Morgan fingerprint density at radius 2 is 2.00 bits per heavy atom. The summed E-state index contributed by atoms with van der Waals surface area (Å²) >= 11 is 0. The molecule has 5 nitrogen and oxygen atoms in total. The van der Waals surface area contributed by atoms with Gasteiger partial charge in [0.2, 0.25) is 5.91 Å². The van der Waals surface area contributed by atoms with Crippen LogP contribution in [0.25, 0.3) is 0 Å². The zero-order valence-electron chi connectivity index (χ0n) is 13.8. The number of carbonyl (C=O) groups excluding carboxylic acids is 1. The number of phenols is 1. The molecule has 24 heavy (non-hydrogen) atoms. The van der Waals surface area contributed by atoms with Gasteiger partial charge in [0, 0.05) is 18.0 Å². The fourth-order valence-electron chi connectivity index (χ4n) is 3.01. The van der Waals surface area contributed by atoms with Crippen LogP contribution in [0.4, 0.5) is 0 Å². The Hall–Kier alpha value is -2.69. The Labute approximate surface area is 141 Å². The molecule has 2 aromatic carbocycles. The Morgan fingerprint density at radius 3 is 2.71 bits per heavy atom. The molecule has 0 spiro atoms. The first-order valence-corrected chi connectivity index (χ1v) is 7.90. The number of rotatable bonds is 6. The van der Waals surface area contributed by atoms with Gasteiger partial charge >= 0.3 is 0 Å². The van der Waals surface area contributed by atoms with E-state index in [1.807, 2.05) is 24.3 Å².